The van der Waals surface area contributed by atoms with Crippen molar-refractivity contribution in [2.24, 2.45) is 5.41 Å². The van der Waals surface area contributed by atoms with Gasteiger partial charge >= 0.3 is 0 Å². The topological polar surface area (TPSA) is 77.9 Å². The quantitative estimate of drug-likeness (QED) is 0.128. The minimum Gasteiger partial charge on any atom is -0.497 e. The zero-order valence-electron chi connectivity index (χ0n) is 23.1. The lowest BCUT2D eigenvalue weighted by molar-refractivity contribution is -0.143. The number of hydrogen-bond donors (Lipinski definition) is 2. The Hall–Kier alpha value is -3.88. The fourth-order valence-corrected chi connectivity index (χ4v) is 5.28. The molecule has 0 spiro atoms. The number of alkyl halides is 1. The second-order valence-electron chi connectivity index (χ2n) is 10.4. The Bertz CT molecular complexity index is 1480. The minimum absolute atomic E-state index is 0.0226. The van der Waals surface area contributed by atoms with Crippen molar-refractivity contribution in [3.8, 4) is 17.6 Å². The van der Waals surface area contributed by atoms with Crippen LogP contribution in [0.4, 0.5) is 23.2 Å². The first-order chi connectivity index (χ1) is 19.6. The first-order valence-electron chi connectivity index (χ1n) is 13.2. The summed E-state index contributed by atoms with van der Waals surface area (Å²) in [7, 11) is 5.14. The lowest BCUT2D eigenvalue weighted by Gasteiger charge is -2.40. The summed E-state index contributed by atoms with van der Waals surface area (Å²) < 4.78 is 62.2. The number of carbonyl (C=O) groups is 1. The van der Waals surface area contributed by atoms with Gasteiger partial charge in [0.15, 0.2) is 11.6 Å². The van der Waals surface area contributed by atoms with Crippen LogP contribution in [-0.4, -0.2) is 61.8 Å². The summed E-state index contributed by atoms with van der Waals surface area (Å²) in [4.78, 5) is 21.0. The van der Waals surface area contributed by atoms with Gasteiger partial charge in [-0.1, -0.05) is 11.8 Å². The van der Waals surface area contributed by atoms with Crippen LogP contribution >= 0.6 is 0 Å². The average Bonchev–Trinajstić information content (AvgIpc) is 2.97. The molecule has 1 amide bonds. The highest BCUT2D eigenvalue weighted by Crippen LogP contribution is 2.43. The van der Waals surface area contributed by atoms with Crippen molar-refractivity contribution in [2.75, 3.05) is 45.7 Å². The van der Waals surface area contributed by atoms with Gasteiger partial charge in [0.2, 0.25) is 5.91 Å². The normalized spacial score (nSPS) is 15.6. The summed E-state index contributed by atoms with van der Waals surface area (Å²) in [5.41, 5.74) is 2.05. The molecule has 0 unspecified atom stereocenters. The number of amides is 1. The molecule has 1 aromatic heterocycles. The van der Waals surface area contributed by atoms with Gasteiger partial charge in [0.1, 0.15) is 17.7 Å². The molecule has 11 heteroatoms. The molecular weight excluding hydrogens is 540 g/mol. The Morgan fingerprint density at radius 3 is 2.61 bits per heavy atom. The molecule has 2 heterocycles. The Morgan fingerprint density at radius 2 is 1.95 bits per heavy atom. The molecule has 3 aromatic rings. The zero-order chi connectivity index (χ0) is 29.7. The lowest BCUT2D eigenvalue weighted by atomic mass is 9.73. The summed E-state index contributed by atoms with van der Waals surface area (Å²) in [5.74, 6) is 1.72. The highest BCUT2D eigenvalue weighted by atomic mass is 19.2. The molecule has 4 rings (SSSR count). The number of piperidine rings is 1. The van der Waals surface area contributed by atoms with E-state index in [4.69, 9.17) is 4.74 Å². The van der Waals surface area contributed by atoms with Gasteiger partial charge in [-0.15, -0.1) is 0 Å². The van der Waals surface area contributed by atoms with Crippen LogP contribution in [0.25, 0.3) is 10.9 Å². The number of halogens is 4. The number of methoxy groups -OCH3 is 1. The second-order valence-corrected chi connectivity index (χ2v) is 10.4. The Labute approximate surface area is 236 Å². The van der Waals surface area contributed by atoms with Gasteiger partial charge in [0.25, 0.3) is 0 Å². The predicted octanol–water partition coefficient (Wildman–Crippen LogP) is 5.16. The maximum Gasteiger partial charge on any atom is 0.249 e. The monoisotopic (exact) mass is 572 g/mol. The van der Waals surface area contributed by atoms with Crippen LogP contribution in [0.3, 0.4) is 0 Å². The highest BCUT2D eigenvalue weighted by molar-refractivity contribution is 5.88. The fourth-order valence-electron chi connectivity index (χ4n) is 5.28. The summed E-state index contributed by atoms with van der Waals surface area (Å²) in [5, 5.41) is 10.1. The smallest absolute Gasteiger partial charge is 0.249 e. The Balaban J connectivity index is 1.49. The van der Waals surface area contributed by atoms with Crippen LogP contribution < -0.4 is 15.1 Å². The van der Waals surface area contributed by atoms with Crippen molar-refractivity contribution < 1.29 is 32.3 Å². The van der Waals surface area contributed by atoms with Crippen molar-refractivity contribution in [1.29, 1.82) is 0 Å². The molecule has 0 aliphatic carbocycles. The average molecular weight is 573 g/mol. The molecule has 1 aliphatic rings. The number of anilines is 1. The number of nitrogens with one attached hydrogen (secondary N) is 1. The van der Waals surface area contributed by atoms with E-state index >= 15 is 4.39 Å². The van der Waals surface area contributed by atoms with Gasteiger partial charge in [-0.25, -0.2) is 23.0 Å². The van der Waals surface area contributed by atoms with E-state index in [1.165, 1.54) is 7.11 Å². The van der Waals surface area contributed by atoms with E-state index in [0.29, 0.717) is 59.9 Å². The third-order valence-corrected chi connectivity index (χ3v) is 7.68. The number of rotatable bonds is 8. The molecule has 1 atom stereocenters. The number of benzene rings is 2. The fraction of sp³-hybridized carbons (Fsp3) is 0.400. The van der Waals surface area contributed by atoms with Crippen molar-refractivity contribution in [3.63, 3.8) is 0 Å². The van der Waals surface area contributed by atoms with E-state index < -0.39 is 34.9 Å². The zero-order valence-corrected chi connectivity index (χ0v) is 23.1. The molecule has 1 fully saturated rings. The molecule has 1 aliphatic heterocycles. The molecule has 0 radical (unpaired) electrons. The molecule has 41 heavy (non-hydrogen) atoms. The molecule has 2 aromatic carbocycles. The summed E-state index contributed by atoms with van der Waals surface area (Å²) in [6.45, 7) is 0.978. The van der Waals surface area contributed by atoms with E-state index in [1.54, 1.807) is 48.9 Å². The first-order valence-corrected chi connectivity index (χ1v) is 13.2. The SMILES string of the molecule is COc1ccc2ncc(N(C)C)c([C@H](F)CCC3(C(=O)NO)CCN(CC#Cc4cc(F)cc(F)c4F)CC3)c2c1. The molecule has 1 saturated heterocycles. The largest absolute Gasteiger partial charge is 0.497 e. The summed E-state index contributed by atoms with van der Waals surface area (Å²) in [6.07, 6.45) is 1.03. The third-order valence-electron chi connectivity index (χ3n) is 7.68. The van der Waals surface area contributed by atoms with E-state index in [1.807, 2.05) is 4.90 Å². The minimum atomic E-state index is -1.43. The number of ether oxygens (including phenoxy) is 1. The maximum absolute atomic E-state index is 16.1. The molecule has 218 valence electrons. The molecule has 2 N–H and O–H groups in total. The third kappa shape index (κ3) is 6.55. The number of fused-ring (bicyclic) bond motifs is 1. The predicted molar refractivity (Wildman–Crippen MR) is 147 cm³/mol. The van der Waals surface area contributed by atoms with Crippen LogP contribution in [-0.2, 0) is 4.79 Å². The summed E-state index contributed by atoms with van der Waals surface area (Å²) >= 11 is 0. The van der Waals surface area contributed by atoms with Gasteiger partial charge in [-0.3, -0.25) is 19.9 Å². The van der Waals surface area contributed by atoms with E-state index in [-0.39, 0.29) is 24.9 Å². The first kappa shape index (κ1) is 30.1. The van der Waals surface area contributed by atoms with Gasteiger partial charge in [0, 0.05) is 44.2 Å². The van der Waals surface area contributed by atoms with Gasteiger partial charge in [-0.2, -0.15) is 0 Å². The lowest BCUT2D eigenvalue weighted by Crippen LogP contribution is -2.48. The van der Waals surface area contributed by atoms with Gasteiger partial charge < -0.3 is 9.64 Å². The summed E-state index contributed by atoms with van der Waals surface area (Å²) in [6, 6.07) is 6.55. The van der Waals surface area contributed by atoms with Gasteiger partial charge in [0.05, 0.1) is 42.0 Å². The second kappa shape index (κ2) is 12.7. The molecule has 0 bridgehead atoms. The Morgan fingerprint density at radius 1 is 1.22 bits per heavy atom. The number of pyridine rings is 1. The van der Waals surface area contributed by atoms with E-state index in [9.17, 15) is 23.2 Å². The Kier molecular flexibility index (Phi) is 9.35. The van der Waals surface area contributed by atoms with Crippen molar-refractivity contribution >= 4 is 22.5 Å². The van der Waals surface area contributed by atoms with Crippen molar-refractivity contribution in [2.45, 2.75) is 31.9 Å². The van der Waals surface area contributed by atoms with Gasteiger partial charge in [-0.05, 0) is 49.9 Å². The van der Waals surface area contributed by atoms with Crippen LogP contribution in [0.2, 0.25) is 0 Å². The molecule has 0 saturated carbocycles. The highest BCUT2D eigenvalue weighted by Gasteiger charge is 2.41. The van der Waals surface area contributed by atoms with Crippen molar-refractivity contribution in [3.05, 3.63) is 65.1 Å². The maximum atomic E-state index is 16.1. The van der Waals surface area contributed by atoms with Crippen molar-refractivity contribution in [1.82, 2.24) is 15.4 Å². The van der Waals surface area contributed by atoms with Crippen LogP contribution in [0.1, 0.15) is 43.0 Å². The van der Waals surface area contributed by atoms with Crippen LogP contribution in [0, 0.1) is 34.7 Å². The number of hydroxylamine groups is 1. The van der Waals surface area contributed by atoms with Crippen LogP contribution in [0.15, 0.2) is 36.5 Å². The number of hydrogen-bond acceptors (Lipinski definition) is 6. The number of likely N-dealkylation sites (tertiary alicyclic amines) is 1. The molecule has 7 nitrogen and oxygen atoms in total. The van der Waals surface area contributed by atoms with E-state index in [2.05, 4.69) is 16.8 Å². The standard InChI is InChI=1S/C30H32F4N4O3/c1-37(2)26-18-35-25-7-6-21(41-3)17-22(25)27(26)23(32)8-9-30(29(39)36-40)10-13-38(14-11-30)12-4-5-19-15-20(31)16-24(33)28(19)34/h6-7,15-18,23,40H,8-14H2,1-3H3,(H,36,39)/t23-/m1/s1. The number of aromatic nitrogens is 1. The number of carbonyl (C=O) groups excluding carboxylic acids is 1. The van der Waals surface area contributed by atoms with Crippen LogP contribution in [0.5, 0.6) is 5.75 Å². The molecular formula is C30H32F4N4O3. The van der Waals surface area contributed by atoms with E-state index in [0.717, 1.165) is 6.07 Å². The number of nitrogens with zero attached hydrogens (tertiary/aromatic N) is 3.